The molecule has 0 saturated carbocycles. The van der Waals surface area contributed by atoms with Gasteiger partial charge in [-0.1, -0.05) is 6.92 Å². The van der Waals surface area contributed by atoms with Crippen molar-refractivity contribution < 1.29 is 4.42 Å². The van der Waals surface area contributed by atoms with Crippen LogP contribution in [0, 0.1) is 11.3 Å². The van der Waals surface area contributed by atoms with Crippen LogP contribution in [0.1, 0.15) is 37.7 Å². The molecule has 1 N–H and O–H groups in total. The van der Waals surface area contributed by atoms with Gasteiger partial charge in [0.15, 0.2) is 0 Å². The zero-order chi connectivity index (χ0) is 10.9. The minimum atomic E-state index is 0.655. The first-order chi connectivity index (χ1) is 7.36. The number of furan rings is 1. The average molecular weight is 206 g/mol. The van der Waals surface area contributed by atoms with Gasteiger partial charge in [-0.15, -0.1) is 0 Å². The third-order valence-electron chi connectivity index (χ3n) is 2.26. The highest BCUT2D eigenvalue weighted by Gasteiger charge is 1.98. The van der Waals surface area contributed by atoms with E-state index < -0.39 is 0 Å². The second-order valence-electron chi connectivity index (χ2n) is 3.51. The van der Waals surface area contributed by atoms with E-state index in [1.807, 2.05) is 12.1 Å². The number of nitrogens with one attached hydrogen (secondary N) is 1. The van der Waals surface area contributed by atoms with Gasteiger partial charge < -0.3 is 9.73 Å². The topological polar surface area (TPSA) is 49.0 Å². The van der Waals surface area contributed by atoms with E-state index in [-0.39, 0.29) is 0 Å². The average Bonchev–Trinajstić information content (AvgIpc) is 2.71. The molecule has 0 aliphatic heterocycles. The number of unbranched alkanes of at least 4 members (excludes halogenated alkanes) is 2. The summed E-state index contributed by atoms with van der Waals surface area (Å²) in [6.07, 6.45) is 3.63. The molecule has 0 atom stereocenters. The van der Waals surface area contributed by atoms with Crippen molar-refractivity contribution >= 4 is 0 Å². The first-order valence-electron chi connectivity index (χ1n) is 5.52. The van der Waals surface area contributed by atoms with Crippen LogP contribution in [0.5, 0.6) is 0 Å². The molecule has 15 heavy (non-hydrogen) atoms. The Balaban J connectivity index is 2.07. The summed E-state index contributed by atoms with van der Waals surface area (Å²) in [6.45, 7) is 3.81. The summed E-state index contributed by atoms with van der Waals surface area (Å²) in [6, 6.07) is 6.18. The fourth-order valence-corrected chi connectivity index (χ4v) is 1.37. The SMILES string of the molecule is CCc1ccc(CNCCCCC#N)o1. The molecule has 0 spiro atoms. The Morgan fingerprint density at radius 2 is 2.13 bits per heavy atom. The molecule has 1 aromatic heterocycles. The molecule has 0 saturated heterocycles. The normalized spacial score (nSPS) is 10.1. The molecule has 82 valence electrons. The molecule has 1 heterocycles. The van der Waals surface area contributed by atoms with Crippen LogP contribution in [-0.4, -0.2) is 6.54 Å². The van der Waals surface area contributed by atoms with Crippen molar-refractivity contribution in [3.05, 3.63) is 23.7 Å². The van der Waals surface area contributed by atoms with Crippen molar-refractivity contribution in [3.63, 3.8) is 0 Å². The van der Waals surface area contributed by atoms with Gasteiger partial charge in [-0.3, -0.25) is 0 Å². The Labute approximate surface area is 91.1 Å². The van der Waals surface area contributed by atoms with Gasteiger partial charge in [0.05, 0.1) is 12.6 Å². The van der Waals surface area contributed by atoms with Gasteiger partial charge in [0, 0.05) is 12.8 Å². The largest absolute Gasteiger partial charge is 0.465 e. The lowest BCUT2D eigenvalue weighted by molar-refractivity contribution is 0.448. The summed E-state index contributed by atoms with van der Waals surface area (Å²) in [5.74, 6) is 2.03. The zero-order valence-corrected chi connectivity index (χ0v) is 9.25. The molecule has 0 aliphatic rings. The maximum Gasteiger partial charge on any atom is 0.117 e. The highest BCUT2D eigenvalue weighted by molar-refractivity contribution is 5.06. The predicted octanol–water partition coefficient (Wildman–Crippen LogP) is 2.63. The van der Waals surface area contributed by atoms with Crippen molar-refractivity contribution in [2.24, 2.45) is 0 Å². The van der Waals surface area contributed by atoms with Gasteiger partial charge in [-0.2, -0.15) is 5.26 Å². The summed E-state index contributed by atoms with van der Waals surface area (Å²) in [4.78, 5) is 0. The van der Waals surface area contributed by atoms with Crippen molar-refractivity contribution in [2.75, 3.05) is 6.54 Å². The molecule has 3 heteroatoms. The van der Waals surface area contributed by atoms with Crippen LogP contribution in [-0.2, 0) is 13.0 Å². The van der Waals surface area contributed by atoms with E-state index in [4.69, 9.17) is 9.68 Å². The Morgan fingerprint density at radius 3 is 2.80 bits per heavy atom. The Hall–Kier alpha value is -1.27. The standard InChI is InChI=1S/C12H18N2O/c1-2-11-6-7-12(15-11)10-14-9-5-3-4-8-13/h6-7,14H,2-5,9-10H2,1H3. The van der Waals surface area contributed by atoms with E-state index in [1.54, 1.807) is 0 Å². The first kappa shape index (κ1) is 11.8. The summed E-state index contributed by atoms with van der Waals surface area (Å²) >= 11 is 0. The molecule has 0 radical (unpaired) electrons. The van der Waals surface area contributed by atoms with Crippen LogP contribution in [0.25, 0.3) is 0 Å². The van der Waals surface area contributed by atoms with Gasteiger partial charge in [-0.25, -0.2) is 0 Å². The van der Waals surface area contributed by atoms with E-state index in [9.17, 15) is 0 Å². The smallest absolute Gasteiger partial charge is 0.117 e. The fourth-order valence-electron chi connectivity index (χ4n) is 1.37. The molecule has 1 aromatic rings. The summed E-state index contributed by atoms with van der Waals surface area (Å²) in [7, 11) is 0. The van der Waals surface area contributed by atoms with Crippen LogP contribution >= 0.6 is 0 Å². The van der Waals surface area contributed by atoms with Crippen LogP contribution in [0.2, 0.25) is 0 Å². The molecular formula is C12H18N2O. The number of aryl methyl sites for hydroxylation is 1. The molecule has 0 aliphatic carbocycles. The van der Waals surface area contributed by atoms with Crippen LogP contribution in [0.3, 0.4) is 0 Å². The van der Waals surface area contributed by atoms with Gasteiger partial charge in [0.2, 0.25) is 0 Å². The molecule has 0 amide bonds. The second-order valence-corrected chi connectivity index (χ2v) is 3.51. The van der Waals surface area contributed by atoms with Crippen molar-refractivity contribution in [3.8, 4) is 6.07 Å². The highest BCUT2D eigenvalue weighted by Crippen LogP contribution is 2.07. The number of hydrogen-bond acceptors (Lipinski definition) is 3. The lowest BCUT2D eigenvalue weighted by Gasteiger charge is -2.00. The molecular weight excluding hydrogens is 188 g/mol. The van der Waals surface area contributed by atoms with Crippen molar-refractivity contribution in [2.45, 2.75) is 39.2 Å². The van der Waals surface area contributed by atoms with Gasteiger partial charge >= 0.3 is 0 Å². The minimum Gasteiger partial charge on any atom is -0.465 e. The molecule has 0 fully saturated rings. The Bertz CT molecular complexity index is 312. The van der Waals surface area contributed by atoms with E-state index >= 15 is 0 Å². The van der Waals surface area contributed by atoms with Crippen LogP contribution in [0.15, 0.2) is 16.5 Å². The third-order valence-corrected chi connectivity index (χ3v) is 2.26. The number of hydrogen-bond donors (Lipinski definition) is 1. The molecule has 1 rings (SSSR count). The second kappa shape index (κ2) is 7.08. The van der Waals surface area contributed by atoms with Crippen LogP contribution < -0.4 is 5.32 Å². The van der Waals surface area contributed by atoms with Crippen molar-refractivity contribution in [1.29, 1.82) is 5.26 Å². The lowest BCUT2D eigenvalue weighted by atomic mass is 10.2. The highest BCUT2D eigenvalue weighted by atomic mass is 16.3. The monoisotopic (exact) mass is 206 g/mol. The Morgan fingerprint density at radius 1 is 1.33 bits per heavy atom. The van der Waals surface area contributed by atoms with E-state index in [0.29, 0.717) is 6.42 Å². The lowest BCUT2D eigenvalue weighted by Crippen LogP contribution is -2.13. The number of nitriles is 1. The predicted molar refractivity (Wildman–Crippen MR) is 59.3 cm³/mol. The van der Waals surface area contributed by atoms with Gasteiger partial charge in [-0.05, 0) is 31.5 Å². The first-order valence-corrected chi connectivity index (χ1v) is 5.52. The number of nitrogens with zero attached hydrogens (tertiary/aromatic N) is 1. The minimum absolute atomic E-state index is 0.655. The summed E-state index contributed by atoms with van der Waals surface area (Å²) in [5.41, 5.74) is 0. The molecule has 0 bridgehead atoms. The fraction of sp³-hybridized carbons (Fsp3) is 0.583. The van der Waals surface area contributed by atoms with Gasteiger partial charge in [0.1, 0.15) is 11.5 Å². The maximum absolute atomic E-state index is 8.35. The Kier molecular flexibility index (Phi) is 5.57. The van der Waals surface area contributed by atoms with E-state index in [1.165, 1.54) is 0 Å². The van der Waals surface area contributed by atoms with Crippen molar-refractivity contribution in [1.82, 2.24) is 5.32 Å². The maximum atomic E-state index is 8.35. The summed E-state index contributed by atoms with van der Waals surface area (Å²) < 4.78 is 5.55. The van der Waals surface area contributed by atoms with Gasteiger partial charge in [0.25, 0.3) is 0 Å². The van der Waals surface area contributed by atoms with E-state index in [2.05, 4.69) is 18.3 Å². The molecule has 0 unspecified atom stereocenters. The number of rotatable bonds is 7. The third kappa shape index (κ3) is 4.66. The van der Waals surface area contributed by atoms with E-state index in [0.717, 1.165) is 43.9 Å². The molecule has 3 nitrogen and oxygen atoms in total. The molecule has 0 aromatic carbocycles. The quantitative estimate of drug-likeness (QED) is 0.698. The summed E-state index contributed by atoms with van der Waals surface area (Å²) in [5, 5.41) is 11.6. The van der Waals surface area contributed by atoms with Crippen LogP contribution in [0.4, 0.5) is 0 Å². The zero-order valence-electron chi connectivity index (χ0n) is 9.25.